The number of fused-ring (bicyclic) bond motifs is 3. The summed E-state index contributed by atoms with van der Waals surface area (Å²) in [5, 5.41) is 19.7. The second-order valence-electron chi connectivity index (χ2n) is 7.01. The van der Waals surface area contributed by atoms with Crippen molar-refractivity contribution in [2.45, 2.75) is 18.4 Å². The lowest BCUT2D eigenvalue weighted by atomic mass is 9.91. The van der Waals surface area contributed by atoms with E-state index in [2.05, 4.69) is 9.80 Å². The number of carbonyl (C=O) groups is 2. The number of aliphatic carboxylic acids is 2. The molecule has 2 fully saturated rings. The van der Waals surface area contributed by atoms with E-state index in [4.69, 9.17) is 0 Å². The number of likely N-dealkylation sites (N-methyl/N-ethyl adjacent to an activating group) is 2. The first-order valence-corrected chi connectivity index (χ1v) is 8.67. The first-order valence-electron chi connectivity index (χ1n) is 8.67. The van der Waals surface area contributed by atoms with Crippen LogP contribution in [0.1, 0.15) is 12.8 Å². The van der Waals surface area contributed by atoms with Gasteiger partial charge in [-0.1, -0.05) is 0 Å². The van der Waals surface area contributed by atoms with Gasteiger partial charge >= 0.3 is 11.9 Å². The van der Waals surface area contributed by atoms with Gasteiger partial charge in [0.2, 0.25) is 5.54 Å². The van der Waals surface area contributed by atoms with Crippen molar-refractivity contribution in [3.05, 3.63) is 0 Å². The molecule has 2 saturated heterocycles. The first-order chi connectivity index (χ1) is 11.4. The minimum atomic E-state index is -1.85. The Morgan fingerprint density at radius 2 is 1.29 bits per heavy atom. The summed E-state index contributed by atoms with van der Waals surface area (Å²) in [5.74, 6) is -2.51. The Hall–Kier alpha value is -1.22. The molecule has 2 atom stereocenters. The van der Waals surface area contributed by atoms with Crippen LogP contribution in [0.15, 0.2) is 0 Å². The predicted octanol–water partition coefficient (Wildman–Crippen LogP) is -0.831. The second kappa shape index (κ2) is 8.24. The van der Waals surface area contributed by atoms with Crippen LogP contribution in [0, 0.1) is 0 Å². The molecule has 0 spiro atoms. The molecule has 0 aromatic heterocycles. The summed E-state index contributed by atoms with van der Waals surface area (Å²) in [6.45, 7) is 6.42. The molecule has 2 aliphatic rings. The highest BCUT2D eigenvalue weighted by Gasteiger charge is 2.51. The minimum absolute atomic E-state index is 0.0951. The summed E-state index contributed by atoms with van der Waals surface area (Å²) in [6.07, 6.45) is 1.17. The Kier molecular flexibility index (Phi) is 6.56. The molecular formula is C16H30N4O4. The Balaban J connectivity index is 2.36. The van der Waals surface area contributed by atoms with E-state index in [0.717, 1.165) is 32.6 Å². The van der Waals surface area contributed by atoms with E-state index in [0.29, 0.717) is 32.7 Å². The molecule has 2 N–H and O–H groups in total. The van der Waals surface area contributed by atoms with Gasteiger partial charge in [0, 0.05) is 52.2 Å². The third-order valence-electron chi connectivity index (χ3n) is 5.35. The minimum Gasteiger partial charge on any atom is -0.479 e. The SMILES string of the molecule is CN1CCCN2CCN(C)CCC(C(=O)O)(C(=O)O)N(CC1)CC2. The molecule has 0 radical (unpaired) electrons. The zero-order valence-corrected chi connectivity index (χ0v) is 14.8. The fourth-order valence-electron chi connectivity index (χ4n) is 3.57. The van der Waals surface area contributed by atoms with Crippen LogP contribution in [0.2, 0.25) is 0 Å². The Morgan fingerprint density at radius 3 is 1.96 bits per heavy atom. The molecule has 138 valence electrons. The molecule has 2 aliphatic heterocycles. The molecule has 8 nitrogen and oxygen atoms in total. The lowest BCUT2D eigenvalue weighted by molar-refractivity contribution is -0.169. The van der Waals surface area contributed by atoms with E-state index in [1.54, 1.807) is 4.90 Å². The zero-order chi connectivity index (χ0) is 17.7. The van der Waals surface area contributed by atoms with Crippen molar-refractivity contribution in [2.24, 2.45) is 0 Å². The van der Waals surface area contributed by atoms with Crippen LogP contribution in [0.5, 0.6) is 0 Å². The molecule has 2 unspecified atom stereocenters. The normalized spacial score (nSPS) is 30.6. The van der Waals surface area contributed by atoms with Gasteiger partial charge in [0.25, 0.3) is 0 Å². The van der Waals surface area contributed by atoms with E-state index in [1.165, 1.54) is 0 Å². The Bertz CT molecular complexity index is 445. The van der Waals surface area contributed by atoms with Crippen LogP contribution < -0.4 is 0 Å². The highest BCUT2D eigenvalue weighted by molar-refractivity contribution is 6.03. The highest BCUT2D eigenvalue weighted by atomic mass is 16.4. The molecule has 2 bridgehead atoms. The molecule has 0 saturated carbocycles. The van der Waals surface area contributed by atoms with Crippen molar-refractivity contribution in [2.75, 3.05) is 73.0 Å². The average Bonchev–Trinajstić information content (AvgIpc) is 2.52. The second-order valence-corrected chi connectivity index (χ2v) is 7.01. The summed E-state index contributed by atoms with van der Waals surface area (Å²) in [5.41, 5.74) is -1.85. The molecule has 0 aromatic rings. The number of hydrogen-bond donors (Lipinski definition) is 2. The van der Waals surface area contributed by atoms with Gasteiger partial charge in [-0.25, -0.2) is 9.59 Å². The summed E-state index contributed by atoms with van der Waals surface area (Å²) in [4.78, 5) is 32.3. The van der Waals surface area contributed by atoms with Crippen LogP contribution in [0.25, 0.3) is 0 Å². The van der Waals surface area contributed by atoms with Crippen molar-refractivity contribution in [1.82, 2.24) is 19.6 Å². The van der Waals surface area contributed by atoms with Crippen LogP contribution in [0.4, 0.5) is 0 Å². The number of rotatable bonds is 2. The summed E-state index contributed by atoms with van der Waals surface area (Å²) < 4.78 is 0. The van der Waals surface area contributed by atoms with Gasteiger partial charge in [-0.3, -0.25) is 4.90 Å². The molecule has 8 heteroatoms. The molecule has 0 amide bonds. The average molecular weight is 342 g/mol. The van der Waals surface area contributed by atoms with Gasteiger partial charge in [0.05, 0.1) is 0 Å². The number of carboxylic acids is 2. The van der Waals surface area contributed by atoms with Crippen molar-refractivity contribution in [3.63, 3.8) is 0 Å². The van der Waals surface area contributed by atoms with E-state index in [1.807, 2.05) is 19.0 Å². The lowest BCUT2D eigenvalue weighted by Gasteiger charge is -2.42. The lowest BCUT2D eigenvalue weighted by Crippen LogP contribution is -2.64. The van der Waals surface area contributed by atoms with Crippen molar-refractivity contribution in [3.8, 4) is 0 Å². The van der Waals surface area contributed by atoms with E-state index in [-0.39, 0.29) is 6.42 Å². The molecule has 2 heterocycles. The van der Waals surface area contributed by atoms with Gasteiger partial charge in [0.1, 0.15) is 0 Å². The summed E-state index contributed by atoms with van der Waals surface area (Å²) in [7, 11) is 3.94. The number of hydrogen-bond acceptors (Lipinski definition) is 6. The van der Waals surface area contributed by atoms with E-state index >= 15 is 0 Å². The van der Waals surface area contributed by atoms with Gasteiger partial charge < -0.3 is 24.9 Å². The Labute approximate surface area is 143 Å². The smallest absolute Gasteiger partial charge is 0.335 e. The van der Waals surface area contributed by atoms with Gasteiger partial charge in [0.15, 0.2) is 0 Å². The molecule has 24 heavy (non-hydrogen) atoms. The summed E-state index contributed by atoms with van der Waals surface area (Å²) >= 11 is 0. The third kappa shape index (κ3) is 4.24. The Morgan fingerprint density at radius 1 is 0.750 bits per heavy atom. The molecule has 0 aliphatic carbocycles. The fourth-order valence-corrected chi connectivity index (χ4v) is 3.57. The van der Waals surface area contributed by atoms with E-state index < -0.39 is 17.5 Å². The van der Waals surface area contributed by atoms with Gasteiger partial charge in [-0.2, -0.15) is 0 Å². The fraction of sp³-hybridized carbons (Fsp3) is 0.875. The van der Waals surface area contributed by atoms with Gasteiger partial charge in [-0.15, -0.1) is 0 Å². The zero-order valence-electron chi connectivity index (χ0n) is 14.8. The molecule has 2 rings (SSSR count). The van der Waals surface area contributed by atoms with Crippen LogP contribution >= 0.6 is 0 Å². The van der Waals surface area contributed by atoms with Crippen molar-refractivity contribution >= 4 is 11.9 Å². The summed E-state index contributed by atoms with van der Waals surface area (Å²) in [6, 6.07) is 0. The monoisotopic (exact) mass is 342 g/mol. The van der Waals surface area contributed by atoms with Crippen molar-refractivity contribution in [1.29, 1.82) is 0 Å². The van der Waals surface area contributed by atoms with Crippen LogP contribution in [0.3, 0.4) is 0 Å². The van der Waals surface area contributed by atoms with Crippen LogP contribution in [-0.4, -0.2) is 120 Å². The first kappa shape index (κ1) is 19.1. The van der Waals surface area contributed by atoms with E-state index in [9.17, 15) is 19.8 Å². The third-order valence-corrected chi connectivity index (χ3v) is 5.35. The van der Waals surface area contributed by atoms with Gasteiger partial charge in [-0.05, 0) is 33.6 Å². The van der Waals surface area contributed by atoms with Crippen LogP contribution in [-0.2, 0) is 9.59 Å². The maximum Gasteiger partial charge on any atom is 0.335 e. The quantitative estimate of drug-likeness (QED) is 0.629. The number of carboxylic acid groups (broad SMARTS) is 2. The highest BCUT2D eigenvalue weighted by Crippen LogP contribution is 2.23. The molecule has 0 aromatic carbocycles. The predicted molar refractivity (Wildman–Crippen MR) is 90.2 cm³/mol. The topological polar surface area (TPSA) is 87.6 Å². The maximum absolute atomic E-state index is 12.0. The standard InChI is InChI=1S/C16H30N4O4/c1-17-5-3-6-19-10-8-18(2)7-4-16(14(21)22,15(23)24)20(12-9-17)13-11-19/h3-13H2,1-2H3,(H,21,22)(H,23,24). The van der Waals surface area contributed by atoms with Crippen molar-refractivity contribution < 1.29 is 19.8 Å². The number of nitrogens with zero attached hydrogens (tertiary/aromatic N) is 4. The largest absolute Gasteiger partial charge is 0.479 e. The molecular weight excluding hydrogens is 312 g/mol. The maximum atomic E-state index is 12.0.